The zero-order chi connectivity index (χ0) is 38.8. The normalized spacial score (nSPS) is 13.1. The summed E-state index contributed by atoms with van der Waals surface area (Å²) >= 11 is 0. The predicted molar refractivity (Wildman–Crippen MR) is 217 cm³/mol. The standard InChI is InChI=1S/C43H47N3O6S2/c1-7-9-10-31(8-2)26-44-53(47,48)34-15-18-37(42(25-34)54(49,50)51)43-35-16-13-32(45-38-19-11-27(3)21-29(38)5)23-40(35)52-41-24-33(14-17-36(41)43)46-39-20-12-28(4)22-30(39)6/h11-25,31,44-45H,7-10,26H2,1-6H3,(H,49,50,51). The van der Waals surface area contributed by atoms with Gasteiger partial charge in [0, 0.05) is 52.1 Å². The third-order valence-corrected chi connectivity index (χ3v) is 12.2. The van der Waals surface area contributed by atoms with E-state index in [2.05, 4.69) is 29.1 Å². The minimum Gasteiger partial charge on any atom is -0.456 e. The first-order chi connectivity index (χ1) is 25.7. The molecule has 11 heteroatoms. The van der Waals surface area contributed by atoms with Crippen LogP contribution in [0.5, 0.6) is 0 Å². The van der Waals surface area contributed by atoms with E-state index in [9.17, 15) is 21.4 Å². The van der Waals surface area contributed by atoms with Crippen molar-refractivity contribution < 1.29 is 25.8 Å². The van der Waals surface area contributed by atoms with Gasteiger partial charge >= 0.3 is 0 Å². The van der Waals surface area contributed by atoms with Gasteiger partial charge in [0.05, 0.1) is 15.9 Å². The van der Waals surface area contributed by atoms with Crippen molar-refractivity contribution in [3.05, 3.63) is 119 Å². The molecule has 0 spiro atoms. The molecule has 6 rings (SSSR count). The molecule has 0 bridgehead atoms. The minimum absolute atomic E-state index is 0.130. The summed E-state index contributed by atoms with van der Waals surface area (Å²) in [6.45, 7) is 12.4. The molecule has 4 aromatic rings. The summed E-state index contributed by atoms with van der Waals surface area (Å²) in [7, 11) is -9.02. The van der Waals surface area contributed by atoms with Crippen LogP contribution in [-0.4, -0.2) is 27.9 Å². The Morgan fingerprint density at radius 1 is 0.778 bits per heavy atom. The van der Waals surface area contributed by atoms with Crippen molar-refractivity contribution in [2.75, 3.05) is 11.9 Å². The highest BCUT2D eigenvalue weighted by Crippen LogP contribution is 2.43. The van der Waals surface area contributed by atoms with Gasteiger partial charge < -0.3 is 9.73 Å². The van der Waals surface area contributed by atoms with Gasteiger partial charge in [0.2, 0.25) is 10.0 Å². The van der Waals surface area contributed by atoms with Gasteiger partial charge in [-0.15, -0.1) is 0 Å². The molecule has 54 heavy (non-hydrogen) atoms. The highest BCUT2D eigenvalue weighted by atomic mass is 32.2. The molecule has 0 fully saturated rings. The average Bonchev–Trinajstić information content (AvgIpc) is 3.12. The number of hydrogen-bond donors (Lipinski definition) is 3. The smallest absolute Gasteiger partial charge is 0.295 e. The molecular weight excluding hydrogens is 719 g/mol. The monoisotopic (exact) mass is 765 g/mol. The lowest BCUT2D eigenvalue weighted by atomic mass is 9.93. The number of rotatable bonds is 13. The van der Waals surface area contributed by atoms with E-state index in [4.69, 9.17) is 9.41 Å². The van der Waals surface area contributed by atoms with Gasteiger partial charge in [-0.25, -0.2) is 18.1 Å². The molecule has 9 nitrogen and oxygen atoms in total. The SMILES string of the molecule is CCCCC(CC)CNS(=O)(=O)c1ccc(-c2c3ccc(=Nc4ccc(C)cc4C)cc-3oc3cc(Nc4ccc(C)cc4C)ccc23)c(S(=O)(=O)O)c1. The fourth-order valence-electron chi connectivity index (χ4n) is 6.84. The molecule has 1 heterocycles. The third-order valence-electron chi connectivity index (χ3n) is 9.88. The summed E-state index contributed by atoms with van der Waals surface area (Å²) in [5.41, 5.74) is 8.40. The van der Waals surface area contributed by atoms with Crippen molar-refractivity contribution >= 4 is 48.2 Å². The minimum atomic E-state index is -4.92. The van der Waals surface area contributed by atoms with Gasteiger partial charge in [-0.2, -0.15) is 8.42 Å². The second-order valence-corrected chi connectivity index (χ2v) is 17.3. The van der Waals surface area contributed by atoms with Crippen LogP contribution >= 0.6 is 0 Å². The first-order valence-corrected chi connectivity index (χ1v) is 21.2. The molecule has 1 unspecified atom stereocenters. The molecule has 1 aliphatic heterocycles. The zero-order valence-electron chi connectivity index (χ0n) is 31.5. The van der Waals surface area contributed by atoms with Gasteiger partial charge in [0.25, 0.3) is 10.1 Å². The van der Waals surface area contributed by atoms with Crippen LogP contribution < -0.4 is 15.4 Å². The number of anilines is 2. The van der Waals surface area contributed by atoms with Gasteiger partial charge in [-0.3, -0.25) is 4.55 Å². The van der Waals surface area contributed by atoms with E-state index >= 15 is 0 Å². The Morgan fingerprint density at radius 3 is 2.19 bits per heavy atom. The number of aryl methyl sites for hydroxylation is 4. The average molecular weight is 766 g/mol. The fourth-order valence-corrected chi connectivity index (χ4v) is 8.78. The topological polar surface area (TPSA) is 138 Å². The Morgan fingerprint density at radius 2 is 1.50 bits per heavy atom. The summed E-state index contributed by atoms with van der Waals surface area (Å²) in [6.07, 6.45) is 3.67. The maximum atomic E-state index is 13.5. The molecule has 0 amide bonds. The number of hydrogen-bond acceptors (Lipinski definition) is 7. The molecule has 4 aromatic carbocycles. The predicted octanol–water partition coefficient (Wildman–Crippen LogP) is 10.2. The Labute approximate surface area is 318 Å². The lowest BCUT2D eigenvalue weighted by Gasteiger charge is -2.19. The van der Waals surface area contributed by atoms with Crippen LogP contribution in [-0.2, 0) is 20.1 Å². The summed E-state index contributed by atoms with van der Waals surface area (Å²) in [4.78, 5) is 4.08. The summed E-state index contributed by atoms with van der Waals surface area (Å²) < 4.78 is 73.1. The summed E-state index contributed by atoms with van der Waals surface area (Å²) in [5.74, 6) is 0.566. The van der Waals surface area contributed by atoms with E-state index in [0.29, 0.717) is 33.2 Å². The van der Waals surface area contributed by atoms with Crippen molar-refractivity contribution in [1.29, 1.82) is 0 Å². The molecule has 3 N–H and O–H groups in total. The second kappa shape index (κ2) is 15.9. The van der Waals surface area contributed by atoms with Crippen LogP contribution in [0.1, 0.15) is 61.8 Å². The number of nitrogens with zero attached hydrogens (tertiary/aromatic N) is 1. The highest BCUT2D eigenvalue weighted by Gasteiger charge is 2.27. The van der Waals surface area contributed by atoms with Crippen LogP contribution in [0.25, 0.3) is 33.4 Å². The van der Waals surface area contributed by atoms with Crippen LogP contribution in [0.4, 0.5) is 17.1 Å². The van der Waals surface area contributed by atoms with Gasteiger partial charge in [0.15, 0.2) is 0 Å². The maximum Gasteiger partial charge on any atom is 0.295 e. The Hall–Kier alpha value is -4.81. The van der Waals surface area contributed by atoms with E-state index in [1.165, 1.54) is 12.1 Å². The first-order valence-electron chi connectivity index (χ1n) is 18.2. The van der Waals surface area contributed by atoms with E-state index in [0.717, 1.165) is 71.1 Å². The lowest BCUT2D eigenvalue weighted by Crippen LogP contribution is -2.29. The van der Waals surface area contributed by atoms with E-state index in [1.807, 2.05) is 83.1 Å². The lowest BCUT2D eigenvalue weighted by molar-refractivity contribution is 0.443. The largest absolute Gasteiger partial charge is 0.456 e. The Balaban J connectivity index is 1.54. The van der Waals surface area contributed by atoms with Gasteiger partial charge in [-0.05, 0) is 99.7 Å². The van der Waals surface area contributed by atoms with Crippen molar-refractivity contribution in [3.8, 4) is 22.5 Å². The molecule has 2 aliphatic rings. The van der Waals surface area contributed by atoms with Crippen LogP contribution in [0, 0.1) is 33.6 Å². The summed E-state index contributed by atoms with van der Waals surface area (Å²) in [5, 5.41) is 4.65. The second-order valence-electron chi connectivity index (χ2n) is 14.1. The molecule has 282 valence electrons. The number of fused-ring (bicyclic) bond motifs is 2. The third kappa shape index (κ3) is 8.60. The van der Waals surface area contributed by atoms with Crippen LogP contribution in [0.2, 0.25) is 0 Å². The number of unbranched alkanes of at least 4 members (excludes halogenated alkanes) is 1. The van der Waals surface area contributed by atoms with Crippen LogP contribution in [0.15, 0.2) is 110 Å². The molecule has 0 radical (unpaired) electrons. The fraction of sp³-hybridized carbons (Fsp3) is 0.279. The number of nitrogens with one attached hydrogen (secondary N) is 2. The molecule has 1 aliphatic carbocycles. The summed E-state index contributed by atoms with van der Waals surface area (Å²) in [6, 6.07) is 26.9. The zero-order valence-corrected chi connectivity index (χ0v) is 33.2. The molecule has 0 saturated carbocycles. The van der Waals surface area contributed by atoms with Crippen molar-refractivity contribution in [1.82, 2.24) is 4.72 Å². The van der Waals surface area contributed by atoms with Gasteiger partial charge in [-0.1, -0.05) is 74.6 Å². The van der Waals surface area contributed by atoms with Gasteiger partial charge in [0.1, 0.15) is 16.2 Å². The van der Waals surface area contributed by atoms with E-state index < -0.39 is 25.0 Å². The van der Waals surface area contributed by atoms with Crippen molar-refractivity contribution in [3.63, 3.8) is 0 Å². The van der Waals surface area contributed by atoms with E-state index in [-0.39, 0.29) is 22.9 Å². The first kappa shape index (κ1) is 38.9. The Kier molecular flexibility index (Phi) is 11.4. The Bertz CT molecular complexity index is 2610. The molecule has 0 aromatic heterocycles. The maximum absolute atomic E-state index is 13.5. The van der Waals surface area contributed by atoms with E-state index in [1.54, 1.807) is 12.1 Å². The quantitative estimate of drug-likeness (QED) is 0.0786. The number of sulfonamides is 1. The molecular formula is C43H47N3O6S2. The number of benzene rings is 5. The molecule has 0 saturated heterocycles. The van der Waals surface area contributed by atoms with Crippen molar-refractivity contribution in [2.45, 2.75) is 77.0 Å². The van der Waals surface area contributed by atoms with Crippen molar-refractivity contribution in [2.24, 2.45) is 10.9 Å². The van der Waals surface area contributed by atoms with Crippen LogP contribution in [0.3, 0.4) is 0 Å². The highest BCUT2D eigenvalue weighted by molar-refractivity contribution is 7.89. The molecule has 1 atom stereocenters.